The van der Waals surface area contributed by atoms with E-state index in [9.17, 15) is 4.39 Å². The van der Waals surface area contributed by atoms with Crippen molar-refractivity contribution in [3.05, 3.63) is 77.7 Å². The lowest BCUT2D eigenvalue weighted by Crippen LogP contribution is -2.35. The molecule has 4 aromatic rings. The Morgan fingerprint density at radius 1 is 0.966 bits per heavy atom. The predicted octanol–water partition coefficient (Wildman–Crippen LogP) is 5.96. The summed E-state index contributed by atoms with van der Waals surface area (Å²) < 4.78 is 13.4. The summed E-state index contributed by atoms with van der Waals surface area (Å²) in [7, 11) is 0. The van der Waals surface area contributed by atoms with Crippen LogP contribution in [0.5, 0.6) is 0 Å². The van der Waals surface area contributed by atoms with Crippen LogP contribution in [0.15, 0.2) is 66.3 Å². The normalized spacial score (nSPS) is 15.1. The smallest absolute Gasteiger partial charge is 0.141 e. The Morgan fingerprint density at radius 2 is 1.72 bits per heavy atom. The molecular weight excluding hydrogens is 381 g/mol. The lowest BCUT2D eigenvalue weighted by molar-refractivity contribution is 0.403. The molecule has 1 saturated heterocycles. The number of hydrogen-bond acceptors (Lipinski definition) is 4. The van der Waals surface area contributed by atoms with E-state index in [0.717, 1.165) is 59.5 Å². The molecule has 146 valence electrons. The molecule has 0 bridgehead atoms. The van der Waals surface area contributed by atoms with Gasteiger partial charge < -0.3 is 4.90 Å². The van der Waals surface area contributed by atoms with Gasteiger partial charge in [-0.25, -0.2) is 14.4 Å². The first-order valence-electron chi connectivity index (χ1n) is 10.0. The molecule has 0 amide bonds. The summed E-state index contributed by atoms with van der Waals surface area (Å²) >= 11 is 1.62. The quantitative estimate of drug-likeness (QED) is 0.421. The number of fused-ring (bicyclic) bond motifs is 1. The van der Waals surface area contributed by atoms with Gasteiger partial charge >= 0.3 is 0 Å². The number of piperidine rings is 1. The van der Waals surface area contributed by atoms with Gasteiger partial charge in [-0.15, -0.1) is 11.3 Å². The Labute approximate surface area is 173 Å². The van der Waals surface area contributed by atoms with Crippen molar-refractivity contribution in [2.24, 2.45) is 5.92 Å². The third-order valence-corrected chi connectivity index (χ3v) is 6.67. The lowest BCUT2D eigenvalue weighted by atomic mass is 9.90. The molecule has 5 rings (SSSR count). The Hall–Kier alpha value is -2.79. The fraction of sp³-hybridized carbons (Fsp3) is 0.250. The van der Waals surface area contributed by atoms with Crippen LogP contribution in [0.3, 0.4) is 0 Å². The average molecular weight is 404 g/mol. The fourth-order valence-corrected chi connectivity index (χ4v) is 5.15. The number of aromatic nitrogens is 2. The zero-order chi connectivity index (χ0) is 19.6. The summed E-state index contributed by atoms with van der Waals surface area (Å²) in [4.78, 5) is 12.5. The van der Waals surface area contributed by atoms with Gasteiger partial charge in [0.2, 0.25) is 0 Å². The Kier molecular flexibility index (Phi) is 4.98. The number of rotatable bonds is 4. The van der Waals surface area contributed by atoms with Gasteiger partial charge in [-0.2, -0.15) is 0 Å². The second-order valence-corrected chi connectivity index (χ2v) is 8.51. The molecule has 5 heteroatoms. The summed E-state index contributed by atoms with van der Waals surface area (Å²) in [5.74, 6) is 1.50. The van der Waals surface area contributed by atoms with Crippen molar-refractivity contribution in [1.29, 1.82) is 0 Å². The highest BCUT2D eigenvalue weighted by molar-refractivity contribution is 7.17. The van der Waals surface area contributed by atoms with E-state index < -0.39 is 0 Å². The minimum absolute atomic E-state index is 0.217. The molecule has 1 aliphatic heterocycles. The van der Waals surface area contributed by atoms with Crippen LogP contribution in [0.2, 0.25) is 0 Å². The number of benzene rings is 2. The standard InChI is InChI=1S/C24H22FN3S/c25-20-8-6-19(7-9-20)21-15-29-24-22(21)23(26-16-27-24)28-12-10-18(11-13-28)14-17-4-2-1-3-5-17/h1-9,15-16,18H,10-14H2. The highest BCUT2D eigenvalue weighted by Crippen LogP contribution is 2.39. The Morgan fingerprint density at radius 3 is 2.48 bits per heavy atom. The first-order chi connectivity index (χ1) is 14.3. The molecule has 0 N–H and O–H groups in total. The SMILES string of the molecule is Fc1ccc(-c2csc3ncnc(N4CCC(Cc5ccccc5)CC4)c23)cc1. The average Bonchev–Trinajstić information content (AvgIpc) is 3.20. The molecule has 1 aliphatic rings. The van der Waals surface area contributed by atoms with Crippen LogP contribution in [-0.2, 0) is 6.42 Å². The van der Waals surface area contributed by atoms with E-state index in [4.69, 9.17) is 0 Å². The van der Waals surface area contributed by atoms with Gasteiger partial charge in [0.05, 0.1) is 5.39 Å². The number of thiophene rings is 1. The molecule has 0 aliphatic carbocycles. The highest BCUT2D eigenvalue weighted by Gasteiger charge is 2.23. The van der Waals surface area contributed by atoms with Gasteiger partial charge in [0, 0.05) is 24.0 Å². The fourth-order valence-electron chi connectivity index (χ4n) is 4.24. The maximum atomic E-state index is 13.4. The summed E-state index contributed by atoms with van der Waals surface area (Å²) in [6, 6.07) is 17.5. The molecule has 0 spiro atoms. The molecule has 29 heavy (non-hydrogen) atoms. The zero-order valence-electron chi connectivity index (χ0n) is 16.1. The van der Waals surface area contributed by atoms with Gasteiger partial charge in [-0.05, 0) is 48.4 Å². The van der Waals surface area contributed by atoms with E-state index >= 15 is 0 Å². The second kappa shape index (κ2) is 7.91. The summed E-state index contributed by atoms with van der Waals surface area (Å²) in [5, 5.41) is 3.20. The third kappa shape index (κ3) is 3.75. The number of nitrogens with zero attached hydrogens (tertiary/aromatic N) is 3. The van der Waals surface area contributed by atoms with Crippen LogP contribution in [0.4, 0.5) is 10.2 Å². The molecule has 3 heterocycles. The van der Waals surface area contributed by atoms with Crippen molar-refractivity contribution < 1.29 is 4.39 Å². The summed E-state index contributed by atoms with van der Waals surface area (Å²) in [6.45, 7) is 2.00. The van der Waals surface area contributed by atoms with E-state index in [0.29, 0.717) is 5.92 Å². The lowest BCUT2D eigenvalue weighted by Gasteiger charge is -2.33. The molecule has 0 radical (unpaired) electrons. The van der Waals surface area contributed by atoms with Crippen molar-refractivity contribution in [2.45, 2.75) is 19.3 Å². The number of anilines is 1. The molecule has 3 nitrogen and oxygen atoms in total. The maximum Gasteiger partial charge on any atom is 0.141 e. The van der Waals surface area contributed by atoms with E-state index in [2.05, 4.69) is 50.6 Å². The van der Waals surface area contributed by atoms with Crippen LogP contribution in [0, 0.1) is 11.7 Å². The van der Waals surface area contributed by atoms with Crippen LogP contribution in [0.25, 0.3) is 21.3 Å². The summed E-state index contributed by atoms with van der Waals surface area (Å²) in [6.07, 6.45) is 5.14. The van der Waals surface area contributed by atoms with Crippen molar-refractivity contribution in [3.8, 4) is 11.1 Å². The molecule has 0 saturated carbocycles. The van der Waals surface area contributed by atoms with Gasteiger partial charge in [0.15, 0.2) is 0 Å². The molecule has 0 atom stereocenters. The zero-order valence-corrected chi connectivity index (χ0v) is 16.9. The summed E-state index contributed by atoms with van der Waals surface area (Å²) in [5.41, 5.74) is 3.52. The van der Waals surface area contributed by atoms with Crippen molar-refractivity contribution in [2.75, 3.05) is 18.0 Å². The molecule has 2 aromatic heterocycles. The minimum atomic E-state index is -0.217. The van der Waals surface area contributed by atoms with Gasteiger partial charge in [-0.3, -0.25) is 0 Å². The predicted molar refractivity (Wildman–Crippen MR) is 118 cm³/mol. The van der Waals surface area contributed by atoms with E-state index in [1.165, 1.54) is 17.7 Å². The van der Waals surface area contributed by atoms with Gasteiger partial charge in [0.25, 0.3) is 0 Å². The van der Waals surface area contributed by atoms with Crippen molar-refractivity contribution in [3.63, 3.8) is 0 Å². The van der Waals surface area contributed by atoms with Crippen LogP contribution >= 0.6 is 11.3 Å². The molecular formula is C24H22FN3S. The molecule has 0 unspecified atom stereocenters. The Balaban J connectivity index is 1.39. The van der Waals surface area contributed by atoms with Crippen LogP contribution in [0.1, 0.15) is 18.4 Å². The third-order valence-electron chi connectivity index (χ3n) is 5.79. The largest absolute Gasteiger partial charge is 0.356 e. The van der Waals surface area contributed by atoms with Crippen molar-refractivity contribution >= 4 is 27.4 Å². The molecule has 2 aromatic carbocycles. The molecule has 1 fully saturated rings. The second-order valence-electron chi connectivity index (χ2n) is 7.65. The van der Waals surface area contributed by atoms with Crippen molar-refractivity contribution in [1.82, 2.24) is 9.97 Å². The van der Waals surface area contributed by atoms with Crippen LogP contribution < -0.4 is 4.90 Å². The van der Waals surface area contributed by atoms with E-state index in [-0.39, 0.29) is 5.82 Å². The Bertz CT molecular complexity index is 1100. The van der Waals surface area contributed by atoms with Gasteiger partial charge in [0.1, 0.15) is 22.8 Å². The maximum absolute atomic E-state index is 13.4. The minimum Gasteiger partial charge on any atom is -0.356 e. The number of hydrogen-bond donors (Lipinski definition) is 0. The van der Waals surface area contributed by atoms with E-state index in [1.54, 1.807) is 17.7 Å². The van der Waals surface area contributed by atoms with Gasteiger partial charge in [-0.1, -0.05) is 42.5 Å². The topological polar surface area (TPSA) is 29.0 Å². The first kappa shape index (κ1) is 18.3. The monoisotopic (exact) mass is 403 g/mol. The number of halogens is 1. The highest BCUT2D eigenvalue weighted by atomic mass is 32.1. The first-order valence-corrected chi connectivity index (χ1v) is 10.9. The van der Waals surface area contributed by atoms with E-state index in [1.807, 2.05) is 12.1 Å². The van der Waals surface area contributed by atoms with Crippen LogP contribution in [-0.4, -0.2) is 23.1 Å².